The van der Waals surface area contributed by atoms with Crippen molar-refractivity contribution in [3.8, 4) is 5.75 Å². The van der Waals surface area contributed by atoms with E-state index in [1.165, 1.54) is 12.1 Å². The molecular formula is C17H20F3NO4. The van der Waals surface area contributed by atoms with Crippen LogP contribution in [0.5, 0.6) is 5.75 Å². The van der Waals surface area contributed by atoms with E-state index in [0.29, 0.717) is 18.4 Å². The normalized spacial score (nSPS) is 16.9. The minimum absolute atomic E-state index is 0.0277. The number of aliphatic carboxylic acids is 1. The van der Waals surface area contributed by atoms with Gasteiger partial charge in [-0.25, -0.2) is 0 Å². The maximum Gasteiger partial charge on any atom is 0.573 e. The zero-order valence-corrected chi connectivity index (χ0v) is 13.6. The number of ether oxygens (including phenoxy) is 1. The van der Waals surface area contributed by atoms with Crippen molar-refractivity contribution in [3.63, 3.8) is 0 Å². The molecule has 0 aliphatic heterocycles. The van der Waals surface area contributed by atoms with E-state index < -0.39 is 29.4 Å². The number of hydrogen-bond donors (Lipinski definition) is 2. The molecule has 1 aromatic rings. The first-order valence-electron chi connectivity index (χ1n) is 8.05. The summed E-state index contributed by atoms with van der Waals surface area (Å²) >= 11 is 0. The Morgan fingerprint density at radius 2 is 1.88 bits per heavy atom. The number of carbonyl (C=O) groups is 2. The second-order valence-electron chi connectivity index (χ2n) is 6.29. The van der Waals surface area contributed by atoms with E-state index >= 15 is 0 Å². The first kappa shape index (κ1) is 19.1. The molecule has 1 aromatic carbocycles. The molecule has 0 spiro atoms. The fourth-order valence-electron chi connectivity index (χ4n) is 3.06. The van der Waals surface area contributed by atoms with Crippen molar-refractivity contribution in [3.05, 3.63) is 29.8 Å². The Hall–Kier alpha value is -2.25. The maximum absolute atomic E-state index is 12.2. The van der Waals surface area contributed by atoms with Gasteiger partial charge in [0.25, 0.3) is 0 Å². The molecule has 1 saturated carbocycles. The van der Waals surface area contributed by atoms with Crippen molar-refractivity contribution in [2.75, 3.05) is 6.54 Å². The number of carboxylic acids is 1. The van der Waals surface area contributed by atoms with Crippen molar-refractivity contribution >= 4 is 11.9 Å². The fraction of sp³-hybridized carbons (Fsp3) is 0.529. The van der Waals surface area contributed by atoms with Gasteiger partial charge in [-0.1, -0.05) is 31.4 Å². The van der Waals surface area contributed by atoms with Crippen LogP contribution in [0.3, 0.4) is 0 Å². The minimum atomic E-state index is -4.80. The van der Waals surface area contributed by atoms with Crippen LogP contribution in [0.15, 0.2) is 24.3 Å². The quantitative estimate of drug-likeness (QED) is 0.817. The van der Waals surface area contributed by atoms with Gasteiger partial charge in [-0.2, -0.15) is 0 Å². The van der Waals surface area contributed by atoms with Gasteiger partial charge in [0.05, 0.1) is 11.8 Å². The summed E-state index contributed by atoms with van der Waals surface area (Å²) in [7, 11) is 0. The summed E-state index contributed by atoms with van der Waals surface area (Å²) in [6, 6.07) is 5.16. The van der Waals surface area contributed by atoms with Crippen molar-refractivity contribution in [2.45, 2.75) is 44.9 Å². The average Bonchev–Trinajstić information content (AvgIpc) is 2.52. The minimum Gasteiger partial charge on any atom is -0.481 e. The zero-order valence-electron chi connectivity index (χ0n) is 13.6. The molecule has 5 nitrogen and oxygen atoms in total. The number of nitrogens with one attached hydrogen (secondary N) is 1. The van der Waals surface area contributed by atoms with Crippen LogP contribution < -0.4 is 10.1 Å². The molecule has 1 amide bonds. The standard InChI is InChI=1S/C17H20F3NO4/c18-17(19,20)25-13-6-4-5-12(9-13)10-14(22)21-11-16(15(23)24)7-2-1-3-8-16/h4-6,9H,1-3,7-8,10-11H2,(H,21,22)(H,23,24). The molecule has 1 fully saturated rings. The van der Waals surface area contributed by atoms with E-state index in [9.17, 15) is 27.9 Å². The van der Waals surface area contributed by atoms with Gasteiger partial charge in [0.1, 0.15) is 5.75 Å². The molecule has 0 bridgehead atoms. The summed E-state index contributed by atoms with van der Waals surface area (Å²) in [5.41, 5.74) is -0.595. The van der Waals surface area contributed by atoms with Gasteiger partial charge in [-0.05, 0) is 30.5 Å². The van der Waals surface area contributed by atoms with E-state index in [0.717, 1.165) is 31.4 Å². The van der Waals surface area contributed by atoms with Crippen molar-refractivity contribution in [1.29, 1.82) is 0 Å². The summed E-state index contributed by atoms with van der Waals surface area (Å²) in [5.74, 6) is -1.75. The van der Waals surface area contributed by atoms with Crippen molar-refractivity contribution in [2.24, 2.45) is 5.41 Å². The van der Waals surface area contributed by atoms with Crippen LogP contribution in [-0.4, -0.2) is 29.9 Å². The van der Waals surface area contributed by atoms with Crippen LogP contribution >= 0.6 is 0 Å². The smallest absolute Gasteiger partial charge is 0.481 e. The summed E-state index contributed by atoms with van der Waals surface area (Å²) in [5, 5.41) is 12.1. The summed E-state index contributed by atoms with van der Waals surface area (Å²) in [6.07, 6.45) is -1.33. The first-order chi connectivity index (χ1) is 11.7. The number of benzene rings is 1. The highest BCUT2D eigenvalue weighted by molar-refractivity contribution is 5.80. The molecule has 0 unspecified atom stereocenters. The van der Waals surface area contributed by atoms with Crippen molar-refractivity contribution in [1.82, 2.24) is 5.32 Å². The molecule has 2 rings (SSSR count). The van der Waals surface area contributed by atoms with E-state index in [-0.39, 0.29) is 13.0 Å². The Morgan fingerprint density at radius 3 is 2.48 bits per heavy atom. The van der Waals surface area contributed by atoms with E-state index in [1.54, 1.807) is 0 Å². The van der Waals surface area contributed by atoms with E-state index in [4.69, 9.17) is 0 Å². The van der Waals surface area contributed by atoms with Crippen LogP contribution in [0.2, 0.25) is 0 Å². The van der Waals surface area contributed by atoms with Gasteiger partial charge in [-0.3, -0.25) is 9.59 Å². The number of halogens is 3. The average molecular weight is 359 g/mol. The Balaban J connectivity index is 1.93. The van der Waals surface area contributed by atoms with Crippen LogP contribution in [0.25, 0.3) is 0 Å². The van der Waals surface area contributed by atoms with Gasteiger partial charge in [0, 0.05) is 6.54 Å². The van der Waals surface area contributed by atoms with Crippen LogP contribution in [0.1, 0.15) is 37.7 Å². The Kier molecular flexibility index (Phi) is 5.92. The molecule has 1 aliphatic rings. The number of carboxylic acid groups (broad SMARTS) is 1. The Bertz CT molecular complexity index is 625. The third kappa shape index (κ3) is 5.65. The van der Waals surface area contributed by atoms with Gasteiger partial charge >= 0.3 is 12.3 Å². The molecule has 8 heteroatoms. The van der Waals surface area contributed by atoms with Crippen LogP contribution in [0.4, 0.5) is 13.2 Å². The van der Waals surface area contributed by atoms with Gasteiger partial charge in [0.2, 0.25) is 5.91 Å². The number of carbonyl (C=O) groups excluding carboxylic acids is 1. The molecule has 0 radical (unpaired) electrons. The van der Waals surface area contributed by atoms with E-state index in [2.05, 4.69) is 10.1 Å². The SMILES string of the molecule is O=C(Cc1cccc(OC(F)(F)F)c1)NCC1(C(=O)O)CCCCC1. The Labute approximate surface area is 143 Å². The molecule has 2 N–H and O–H groups in total. The molecule has 0 aromatic heterocycles. The fourth-order valence-corrected chi connectivity index (χ4v) is 3.06. The zero-order chi connectivity index (χ0) is 18.5. The first-order valence-corrected chi connectivity index (χ1v) is 8.05. The predicted molar refractivity (Wildman–Crippen MR) is 83.0 cm³/mol. The lowest BCUT2D eigenvalue weighted by Crippen LogP contribution is -2.44. The van der Waals surface area contributed by atoms with Crippen molar-refractivity contribution < 1.29 is 32.6 Å². The number of hydrogen-bond acceptors (Lipinski definition) is 3. The lowest BCUT2D eigenvalue weighted by molar-refractivity contribution is -0.274. The molecule has 25 heavy (non-hydrogen) atoms. The highest BCUT2D eigenvalue weighted by Crippen LogP contribution is 2.36. The monoisotopic (exact) mass is 359 g/mol. The van der Waals surface area contributed by atoms with Crippen LogP contribution in [0, 0.1) is 5.41 Å². The second-order valence-corrected chi connectivity index (χ2v) is 6.29. The summed E-state index contributed by atoms with van der Waals surface area (Å²) in [6.45, 7) is 0.0277. The number of rotatable bonds is 6. The lowest BCUT2D eigenvalue weighted by atomic mass is 9.74. The highest BCUT2D eigenvalue weighted by atomic mass is 19.4. The number of alkyl halides is 3. The topological polar surface area (TPSA) is 75.6 Å². The predicted octanol–water partition coefficient (Wildman–Crippen LogP) is 3.28. The van der Waals surface area contributed by atoms with Gasteiger partial charge in [0.15, 0.2) is 0 Å². The third-order valence-corrected chi connectivity index (χ3v) is 4.38. The number of amides is 1. The van der Waals surface area contributed by atoms with Gasteiger partial charge in [-0.15, -0.1) is 13.2 Å². The Morgan fingerprint density at radius 1 is 1.20 bits per heavy atom. The molecule has 1 aliphatic carbocycles. The molecule has 0 saturated heterocycles. The molecular weight excluding hydrogens is 339 g/mol. The molecule has 138 valence electrons. The highest BCUT2D eigenvalue weighted by Gasteiger charge is 2.39. The molecule has 0 atom stereocenters. The van der Waals surface area contributed by atoms with Crippen LogP contribution in [-0.2, 0) is 16.0 Å². The summed E-state index contributed by atoms with van der Waals surface area (Å²) in [4.78, 5) is 23.6. The largest absolute Gasteiger partial charge is 0.573 e. The van der Waals surface area contributed by atoms with Gasteiger partial charge < -0.3 is 15.2 Å². The maximum atomic E-state index is 12.2. The molecule has 0 heterocycles. The summed E-state index contributed by atoms with van der Waals surface area (Å²) < 4.78 is 40.5. The second kappa shape index (κ2) is 7.76. The third-order valence-electron chi connectivity index (χ3n) is 4.38. The van der Waals surface area contributed by atoms with E-state index in [1.807, 2.05) is 0 Å². The lowest BCUT2D eigenvalue weighted by Gasteiger charge is -2.33.